The van der Waals surface area contributed by atoms with Crippen molar-refractivity contribution in [3.05, 3.63) is 47.1 Å². The van der Waals surface area contributed by atoms with Gasteiger partial charge in [-0.15, -0.1) is 0 Å². The standard InChI is InChI=1S/C19H22ClN5/c20-14-6-7-16-15(13-14)18(22-9-12-25-10-2-1-3-11-25)24-17-5-4-8-21-19(17)23-16/h4-8,13H,1-3,9-12H2,(H,21,23)(H,22,24). The highest BCUT2D eigenvalue weighted by Gasteiger charge is 2.18. The smallest absolute Gasteiger partial charge is 0.156 e. The molecule has 2 aromatic rings. The normalized spacial score (nSPS) is 16.9. The van der Waals surface area contributed by atoms with E-state index in [9.17, 15) is 0 Å². The average Bonchev–Trinajstić information content (AvgIpc) is 2.79. The van der Waals surface area contributed by atoms with Crippen LogP contribution in [0.5, 0.6) is 0 Å². The van der Waals surface area contributed by atoms with Crippen LogP contribution in [0, 0.1) is 0 Å². The van der Waals surface area contributed by atoms with E-state index in [1.807, 2.05) is 30.3 Å². The zero-order chi connectivity index (χ0) is 17.1. The molecule has 0 spiro atoms. The first-order valence-electron chi connectivity index (χ1n) is 8.86. The number of benzene rings is 1. The molecular formula is C19H22ClN5. The monoisotopic (exact) mass is 355 g/mol. The Morgan fingerprint density at radius 3 is 2.92 bits per heavy atom. The number of anilines is 2. The number of aliphatic imine (C=N–C) groups is 1. The third-order valence-corrected chi connectivity index (χ3v) is 4.91. The van der Waals surface area contributed by atoms with Crippen molar-refractivity contribution < 1.29 is 0 Å². The molecule has 0 aliphatic carbocycles. The van der Waals surface area contributed by atoms with Gasteiger partial charge in [0.25, 0.3) is 0 Å². The summed E-state index contributed by atoms with van der Waals surface area (Å²) in [5.41, 5.74) is 2.77. The van der Waals surface area contributed by atoms with Gasteiger partial charge in [0, 0.05) is 29.9 Å². The summed E-state index contributed by atoms with van der Waals surface area (Å²) < 4.78 is 0. The summed E-state index contributed by atoms with van der Waals surface area (Å²) >= 11 is 6.23. The van der Waals surface area contributed by atoms with Crippen LogP contribution in [-0.2, 0) is 0 Å². The van der Waals surface area contributed by atoms with Crippen LogP contribution in [-0.4, -0.2) is 41.9 Å². The first kappa shape index (κ1) is 16.4. The number of rotatable bonds is 3. The second-order valence-corrected chi connectivity index (χ2v) is 6.91. The number of hydrogen-bond acceptors (Lipinski definition) is 5. The molecule has 130 valence electrons. The molecule has 0 saturated carbocycles. The van der Waals surface area contributed by atoms with Crippen LogP contribution in [0.25, 0.3) is 0 Å². The number of aromatic nitrogens is 1. The van der Waals surface area contributed by atoms with E-state index < -0.39 is 0 Å². The summed E-state index contributed by atoms with van der Waals surface area (Å²) in [5, 5.41) is 7.58. The largest absolute Gasteiger partial charge is 0.368 e. The second-order valence-electron chi connectivity index (χ2n) is 6.48. The minimum Gasteiger partial charge on any atom is -0.368 e. The lowest BCUT2D eigenvalue weighted by Gasteiger charge is -2.26. The molecule has 4 rings (SSSR count). The van der Waals surface area contributed by atoms with Gasteiger partial charge >= 0.3 is 0 Å². The fraction of sp³-hybridized carbons (Fsp3) is 0.368. The fourth-order valence-corrected chi connectivity index (χ4v) is 3.54. The van der Waals surface area contributed by atoms with E-state index in [1.165, 1.54) is 32.4 Å². The Kier molecular flexibility index (Phi) is 4.85. The zero-order valence-electron chi connectivity index (χ0n) is 14.1. The van der Waals surface area contributed by atoms with Crippen molar-refractivity contribution in [2.24, 2.45) is 4.99 Å². The Morgan fingerprint density at radius 2 is 2.04 bits per heavy atom. The minimum atomic E-state index is 0.699. The number of halogens is 1. The molecule has 2 aliphatic heterocycles. The van der Waals surface area contributed by atoms with Gasteiger partial charge in [0.1, 0.15) is 11.5 Å². The molecule has 1 fully saturated rings. The van der Waals surface area contributed by atoms with Crippen molar-refractivity contribution in [3.8, 4) is 0 Å². The molecular weight excluding hydrogens is 334 g/mol. The van der Waals surface area contributed by atoms with Crippen molar-refractivity contribution >= 4 is 34.6 Å². The molecule has 0 radical (unpaired) electrons. The van der Waals surface area contributed by atoms with Gasteiger partial charge in [0.05, 0.1) is 5.69 Å². The summed E-state index contributed by atoms with van der Waals surface area (Å²) in [5.74, 6) is 1.60. The molecule has 1 saturated heterocycles. The number of pyridine rings is 1. The number of nitrogens with one attached hydrogen (secondary N) is 2. The Morgan fingerprint density at radius 1 is 1.16 bits per heavy atom. The van der Waals surface area contributed by atoms with Gasteiger partial charge in [-0.05, 0) is 56.3 Å². The maximum absolute atomic E-state index is 6.23. The van der Waals surface area contributed by atoms with Gasteiger partial charge in [0.2, 0.25) is 0 Å². The van der Waals surface area contributed by atoms with Gasteiger partial charge < -0.3 is 15.5 Å². The summed E-state index contributed by atoms with van der Waals surface area (Å²) in [6.45, 7) is 4.29. The lowest BCUT2D eigenvalue weighted by molar-refractivity contribution is 0.232. The van der Waals surface area contributed by atoms with Crippen LogP contribution in [0.1, 0.15) is 24.8 Å². The van der Waals surface area contributed by atoms with Gasteiger partial charge in [-0.25, -0.2) is 9.98 Å². The van der Waals surface area contributed by atoms with Gasteiger partial charge in [-0.2, -0.15) is 0 Å². The van der Waals surface area contributed by atoms with E-state index >= 15 is 0 Å². The SMILES string of the molecule is Clc1ccc2c(c1)C(NCCN1CCCCC1)=Nc1cccnc1N2. The molecule has 1 aromatic heterocycles. The average molecular weight is 356 g/mol. The first-order valence-corrected chi connectivity index (χ1v) is 9.24. The highest BCUT2D eigenvalue weighted by molar-refractivity contribution is 6.31. The quantitative estimate of drug-likeness (QED) is 0.875. The molecule has 2 N–H and O–H groups in total. The van der Waals surface area contributed by atoms with E-state index in [1.54, 1.807) is 6.20 Å². The van der Waals surface area contributed by atoms with Crippen molar-refractivity contribution in [1.82, 2.24) is 15.2 Å². The fourth-order valence-electron chi connectivity index (χ4n) is 3.36. The van der Waals surface area contributed by atoms with Gasteiger partial charge in [-0.3, -0.25) is 0 Å². The van der Waals surface area contributed by atoms with Crippen LogP contribution in [0.15, 0.2) is 41.5 Å². The highest BCUT2D eigenvalue weighted by atomic mass is 35.5. The highest BCUT2D eigenvalue weighted by Crippen LogP contribution is 2.32. The van der Waals surface area contributed by atoms with Crippen LogP contribution >= 0.6 is 11.6 Å². The van der Waals surface area contributed by atoms with Crippen molar-refractivity contribution in [2.45, 2.75) is 19.3 Å². The molecule has 5 nitrogen and oxygen atoms in total. The van der Waals surface area contributed by atoms with E-state index in [4.69, 9.17) is 16.6 Å². The topological polar surface area (TPSA) is 52.5 Å². The minimum absolute atomic E-state index is 0.699. The summed E-state index contributed by atoms with van der Waals surface area (Å²) in [7, 11) is 0. The Bertz CT molecular complexity index is 783. The zero-order valence-corrected chi connectivity index (χ0v) is 14.9. The van der Waals surface area contributed by atoms with Crippen LogP contribution in [0.3, 0.4) is 0 Å². The number of hydrogen-bond donors (Lipinski definition) is 2. The third-order valence-electron chi connectivity index (χ3n) is 4.68. The Labute approximate surface area is 153 Å². The maximum atomic E-state index is 6.23. The molecule has 25 heavy (non-hydrogen) atoms. The molecule has 1 aromatic carbocycles. The Hall–Kier alpha value is -2.11. The van der Waals surface area contributed by atoms with Crippen LogP contribution < -0.4 is 10.6 Å². The summed E-state index contributed by atoms with van der Waals surface area (Å²) in [6, 6.07) is 9.67. The number of nitrogens with zero attached hydrogens (tertiary/aromatic N) is 3. The number of amidine groups is 1. The van der Waals surface area contributed by atoms with Crippen molar-refractivity contribution in [3.63, 3.8) is 0 Å². The lowest BCUT2D eigenvalue weighted by atomic mass is 10.1. The summed E-state index contributed by atoms with van der Waals surface area (Å²) in [6.07, 6.45) is 5.74. The second kappa shape index (κ2) is 7.42. The lowest BCUT2D eigenvalue weighted by Crippen LogP contribution is -2.37. The van der Waals surface area contributed by atoms with E-state index in [-0.39, 0.29) is 0 Å². The molecule has 0 unspecified atom stereocenters. The summed E-state index contributed by atoms with van der Waals surface area (Å²) in [4.78, 5) is 11.7. The predicted molar refractivity (Wildman–Crippen MR) is 103 cm³/mol. The maximum Gasteiger partial charge on any atom is 0.156 e. The predicted octanol–water partition coefficient (Wildman–Crippen LogP) is 3.95. The van der Waals surface area contributed by atoms with Crippen molar-refractivity contribution in [2.75, 3.05) is 31.5 Å². The third kappa shape index (κ3) is 3.78. The number of fused-ring (bicyclic) bond motifs is 2. The van der Waals surface area contributed by atoms with E-state index in [2.05, 4.69) is 20.5 Å². The van der Waals surface area contributed by atoms with Crippen LogP contribution in [0.4, 0.5) is 17.2 Å². The molecule has 0 atom stereocenters. The number of likely N-dealkylation sites (tertiary alicyclic amines) is 1. The molecule has 0 bridgehead atoms. The molecule has 2 aliphatic rings. The molecule has 6 heteroatoms. The van der Waals surface area contributed by atoms with Crippen LogP contribution in [0.2, 0.25) is 5.02 Å². The van der Waals surface area contributed by atoms with E-state index in [0.717, 1.165) is 41.7 Å². The van der Waals surface area contributed by atoms with Crippen molar-refractivity contribution in [1.29, 1.82) is 0 Å². The number of piperidine rings is 1. The molecule has 3 heterocycles. The van der Waals surface area contributed by atoms with Gasteiger partial charge in [-0.1, -0.05) is 18.0 Å². The first-order chi connectivity index (χ1) is 12.3. The Balaban J connectivity index is 1.57. The van der Waals surface area contributed by atoms with Gasteiger partial charge in [0.15, 0.2) is 5.82 Å². The molecule has 0 amide bonds. The van der Waals surface area contributed by atoms with E-state index in [0.29, 0.717) is 5.02 Å².